The highest BCUT2D eigenvalue weighted by Gasteiger charge is 2.20. The Morgan fingerprint density at radius 1 is 1.22 bits per heavy atom. The van der Waals surface area contributed by atoms with Crippen LogP contribution in [-0.4, -0.2) is 39.7 Å². The lowest BCUT2D eigenvalue weighted by Crippen LogP contribution is -2.33. The minimum absolute atomic E-state index is 0.0684. The third kappa shape index (κ3) is 4.99. The Bertz CT molecular complexity index is 884. The lowest BCUT2D eigenvalue weighted by Gasteiger charge is -2.18. The summed E-state index contributed by atoms with van der Waals surface area (Å²) in [7, 11) is 0. The molecule has 1 amide bonds. The molecule has 0 atom stereocenters. The van der Waals surface area contributed by atoms with Gasteiger partial charge in [0.25, 0.3) is 11.5 Å². The Hall–Kier alpha value is -3.03. The molecule has 0 aliphatic rings. The van der Waals surface area contributed by atoms with Gasteiger partial charge < -0.3 is 25.3 Å². The molecular weight excluding hydrogens is 352 g/mol. The quantitative estimate of drug-likeness (QED) is 0.532. The average molecular weight is 376 g/mol. The first-order valence-electron chi connectivity index (χ1n) is 8.93. The Balaban J connectivity index is 2.35. The summed E-state index contributed by atoms with van der Waals surface area (Å²) in [5.41, 5.74) is -0.998. The number of carboxylic acids is 1. The first-order valence-corrected chi connectivity index (χ1v) is 8.93. The molecule has 1 heterocycles. The van der Waals surface area contributed by atoms with Crippen LogP contribution >= 0.6 is 0 Å². The molecule has 0 fully saturated rings. The predicted molar refractivity (Wildman–Crippen MR) is 100 cm³/mol. The van der Waals surface area contributed by atoms with Crippen LogP contribution in [0.3, 0.4) is 0 Å². The summed E-state index contributed by atoms with van der Waals surface area (Å²) < 4.78 is 5.98. The van der Waals surface area contributed by atoms with E-state index in [4.69, 9.17) is 9.84 Å². The molecule has 0 saturated heterocycles. The molecule has 146 valence electrons. The van der Waals surface area contributed by atoms with E-state index >= 15 is 0 Å². The topological polar surface area (TPSA) is 129 Å². The highest BCUT2D eigenvalue weighted by atomic mass is 16.5. The summed E-state index contributed by atoms with van der Waals surface area (Å²) in [5.74, 6) is -2.14. The number of aromatic hydroxyl groups is 1. The summed E-state index contributed by atoms with van der Waals surface area (Å²) >= 11 is 0. The molecule has 0 spiro atoms. The van der Waals surface area contributed by atoms with Crippen molar-refractivity contribution < 1.29 is 24.5 Å². The van der Waals surface area contributed by atoms with Crippen molar-refractivity contribution in [2.75, 3.05) is 6.54 Å². The Morgan fingerprint density at radius 3 is 2.48 bits per heavy atom. The first kappa shape index (κ1) is 20.3. The molecule has 0 bridgehead atoms. The van der Waals surface area contributed by atoms with E-state index in [0.29, 0.717) is 11.3 Å². The Kier molecular flexibility index (Phi) is 6.81. The van der Waals surface area contributed by atoms with Crippen molar-refractivity contribution >= 4 is 22.8 Å². The number of carbonyl (C=O) groups is 2. The lowest BCUT2D eigenvalue weighted by atomic mass is 10.1. The molecule has 0 radical (unpaired) electrons. The van der Waals surface area contributed by atoms with E-state index in [2.05, 4.69) is 24.1 Å². The van der Waals surface area contributed by atoms with E-state index < -0.39 is 35.3 Å². The molecule has 27 heavy (non-hydrogen) atoms. The zero-order valence-electron chi connectivity index (χ0n) is 15.4. The molecule has 1 aromatic heterocycles. The number of rotatable bonds is 9. The maximum atomic E-state index is 12.2. The van der Waals surface area contributed by atoms with Crippen LogP contribution in [0.2, 0.25) is 0 Å². The Morgan fingerprint density at radius 2 is 1.89 bits per heavy atom. The minimum atomic E-state index is -1.25. The molecule has 8 heteroatoms. The van der Waals surface area contributed by atoms with Crippen LogP contribution in [0.15, 0.2) is 23.0 Å². The van der Waals surface area contributed by atoms with Crippen LogP contribution in [0, 0.1) is 0 Å². The predicted octanol–water partition coefficient (Wildman–Crippen LogP) is 2.40. The second kappa shape index (κ2) is 9.07. The van der Waals surface area contributed by atoms with E-state index in [0.717, 1.165) is 25.7 Å². The van der Waals surface area contributed by atoms with Crippen LogP contribution in [0.25, 0.3) is 10.9 Å². The van der Waals surface area contributed by atoms with Crippen LogP contribution < -0.4 is 15.6 Å². The largest absolute Gasteiger partial charge is 0.506 e. The normalized spacial score (nSPS) is 10.9. The number of benzene rings is 1. The van der Waals surface area contributed by atoms with Crippen LogP contribution in [0.5, 0.6) is 11.5 Å². The van der Waals surface area contributed by atoms with Gasteiger partial charge in [0, 0.05) is 11.5 Å². The van der Waals surface area contributed by atoms with E-state index in [1.54, 1.807) is 18.2 Å². The number of ether oxygens (including phenoxy) is 1. The monoisotopic (exact) mass is 376 g/mol. The van der Waals surface area contributed by atoms with E-state index in [9.17, 15) is 19.5 Å². The number of hydrogen-bond donors (Lipinski definition) is 4. The molecule has 0 aliphatic heterocycles. The fourth-order valence-corrected chi connectivity index (χ4v) is 2.89. The standard InChI is InChI=1S/C19H24N2O6/c1-3-5-11(6-4-2)27-12-7-8-13-14(9-12)21-19(26)16(17(13)24)18(25)20-10-15(22)23/h7-9,11H,3-6,10H2,1-2H3,(H,20,25)(H,22,23)(H2,21,24,26). The van der Waals surface area contributed by atoms with Crippen molar-refractivity contribution in [1.82, 2.24) is 10.3 Å². The summed E-state index contributed by atoms with van der Waals surface area (Å²) in [5, 5.41) is 21.3. The number of aliphatic carboxylic acids is 1. The number of carbonyl (C=O) groups excluding carboxylic acids is 1. The zero-order valence-corrected chi connectivity index (χ0v) is 15.4. The SMILES string of the molecule is CCCC(CCC)Oc1ccc2c(O)c(C(=O)NCC(=O)O)c(=O)[nH]c2c1. The van der Waals surface area contributed by atoms with Crippen molar-refractivity contribution in [3.05, 3.63) is 34.1 Å². The van der Waals surface area contributed by atoms with Gasteiger partial charge in [-0.2, -0.15) is 0 Å². The van der Waals surface area contributed by atoms with Crippen LogP contribution in [0.4, 0.5) is 0 Å². The highest BCUT2D eigenvalue weighted by Crippen LogP contribution is 2.28. The number of amides is 1. The van der Waals surface area contributed by atoms with Gasteiger partial charge in [-0.05, 0) is 25.0 Å². The van der Waals surface area contributed by atoms with Crippen molar-refractivity contribution in [2.45, 2.75) is 45.6 Å². The zero-order chi connectivity index (χ0) is 20.0. The van der Waals surface area contributed by atoms with Crippen LogP contribution in [-0.2, 0) is 4.79 Å². The number of nitrogens with one attached hydrogen (secondary N) is 2. The lowest BCUT2D eigenvalue weighted by molar-refractivity contribution is -0.135. The van der Waals surface area contributed by atoms with E-state index in [-0.39, 0.29) is 11.5 Å². The fraction of sp³-hybridized carbons (Fsp3) is 0.421. The molecular formula is C19H24N2O6. The summed E-state index contributed by atoms with van der Waals surface area (Å²) in [6.07, 6.45) is 3.88. The van der Waals surface area contributed by atoms with Gasteiger partial charge >= 0.3 is 5.97 Å². The third-order valence-electron chi connectivity index (χ3n) is 4.11. The first-order chi connectivity index (χ1) is 12.9. The summed E-state index contributed by atoms with van der Waals surface area (Å²) in [6, 6.07) is 4.82. The smallest absolute Gasteiger partial charge is 0.322 e. The van der Waals surface area contributed by atoms with Gasteiger partial charge in [0.05, 0.1) is 11.6 Å². The van der Waals surface area contributed by atoms with Gasteiger partial charge in [-0.1, -0.05) is 26.7 Å². The maximum absolute atomic E-state index is 12.2. The number of carboxylic acid groups (broad SMARTS) is 1. The van der Waals surface area contributed by atoms with Gasteiger partial charge in [0.1, 0.15) is 23.6 Å². The maximum Gasteiger partial charge on any atom is 0.322 e. The molecule has 1 aromatic carbocycles. The molecule has 8 nitrogen and oxygen atoms in total. The summed E-state index contributed by atoms with van der Waals surface area (Å²) in [4.78, 5) is 37.3. The molecule has 0 aliphatic carbocycles. The van der Waals surface area contributed by atoms with Crippen molar-refractivity contribution in [2.24, 2.45) is 0 Å². The number of aromatic amines is 1. The van der Waals surface area contributed by atoms with Gasteiger partial charge in [0.2, 0.25) is 0 Å². The Labute approximate surface area is 156 Å². The third-order valence-corrected chi connectivity index (χ3v) is 4.11. The average Bonchev–Trinajstić information content (AvgIpc) is 2.60. The number of hydrogen-bond acceptors (Lipinski definition) is 5. The van der Waals surface area contributed by atoms with Crippen molar-refractivity contribution in [1.29, 1.82) is 0 Å². The van der Waals surface area contributed by atoms with Gasteiger partial charge in [0.15, 0.2) is 0 Å². The highest BCUT2D eigenvalue weighted by molar-refractivity contribution is 6.03. The number of fused-ring (bicyclic) bond motifs is 1. The van der Waals surface area contributed by atoms with Gasteiger partial charge in [-0.15, -0.1) is 0 Å². The number of pyridine rings is 1. The van der Waals surface area contributed by atoms with Crippen molar-refractivity contribution in [3.8, 4) is 11.5 Å². The van der Waals surface area contributed by atoms with Crippen LogP contribution in [0.1, 0.15) is 49.9 Å². The van der Waals surface area contributed by atoms with E-state index in [1.165, 1.54) is 0 Å². The number of H-pyrrole nitrogens is 1. The second-order valence-electron chi connectivity index (χ2n) is 6.28. The molecule has 0 saturated carbocycles. The minimum Gasteiger partial charge on any atom is -0.506 e. The fourth-order valence-electron chi connectivity index (χ4n) is 2.89. The molecule has 4 N–H and O–H groups in total. The molecule has 2 rings (SSSR count). The van der Waals surface area contributed by atoms with Gasteiger partial charge in [-0.3, -0.25) is 14.4 Å². The van der Waals surface area contributed by atoms with E-state index in [1.807, 2.05) is 0 Å². The second-order valence-corrected chi connectivity index (χ2v) is 6.28. The van der Waals surface area contributed by atoms with Crippen molar-refractivity contribution in [3.63, 3.8) is 0 Å². The molecule has 2 aromatic rings. The number of aromatic nitrogens is 1. The summed E-state index contributed by atoms with van der Waals surface area (Å²) in [6.45, 7) is 3.51. The van der Waals surface area contributed by atoms with Gasteiger partial charge in [-0.25, -0.2) is 0 Å². The molecule has 0 unspecified atom stereocenters.